The van der Waals surface area contributed by atoms with Crippen molar-refractivity contribution < 1.29 is 4.74 Å². The average molecular weight is 201 g/mol. The van der Waals surface area contributed by atoms with Crippen molar-refractivity contribution in [2.45, 2.75) is 59.0 Å². The van der Waals surface area contributed by atoms with Gasteiger partial charge in [0.2, 0.25) is 0 Å². The highest BCUT2D eigenvalue weighted by atomic mass is 16.5. The van der Waals surface area contributed by atoms with Crippen LogP contribution in [0.3, 0.4) is 0 Å². The molecule has 0 aliphatic heterocycles. The van der Waals surface area contributed by atoms with Crippen molar-refractivity contribution in [3.05, 3.63) is 0 Å². The maximum atomic E-state index is 5.90. The highest BCUT2D eigenvalue weighted by molar-refractivity contribution is 4.76. The predicted molar refractivity (Wildman–Crippen MR) is 62.7 cm³/mol. The maximum absolute atomic E-state index is 5.90. The summed E-state index contributed by atoms with van der Waals surface area (Å²) in [5.41, 5.74) is 0.0321. The number of hydrogen-bond acceptors (Lipinski definition) is 2. The number of unbranched alkanes of at least 4 members (excludes halogenated alkanes) is 1. The Morgan fingerprint density at radius 3 is 2.36 bits per heavy atom. The molecule has 0 aliphatic carbocycles. The summed E-state index contributed by atoms with van der Waals surface area (Å²) in [6.45, 7) is 11.7. The molecule has 0 saturated carbocycles. The van der Waals surface area contributed by atoms with Crippen molar-refractivity contribution in [1.29, 1.82) is 0 Å². The monoisotopic (exact) mass is 201 g/mol. The van der Waals surface area contributed by atoms with Crippen LogP contribution in [-0.4, -0.2) is 25.3 Å². The van der Waals surface area contributed by atoms with Crippen LogP contribution in [0.5, 0.6) is 0 Å². The molecule has 2 heteroatoms. The van der Waals surface area contributed by atoms with Crippen LogP contribution in [0.4, 0.5) is 0 Å². The number of ether oxygens (including phenoxy) is 1. The molecule has 1 atom stereocenters. The summed E-state index contributed by atoms with van der Waals surface area (Å²) in [6, 6.07) is 0. The molecular formula is C12H27NO. The van der Waals surface area contributed by atoms with Gasteiger partial charge < -0.3 is 10.1 Å². The van der Waals surface area contributed by atoms with Crippen molar-refractivity contribution in [1.82, 2.24) is 5.32 Å². The van der Waals surface area contributed by atoms with Crippen molar-refractivity contribution in [3.8, 4) is 0 Å². The molecule has 0 radical (unpaired) electrons. The van der Waals surface area contributed by atoms with Gasteiger partial charge in [-0.1, -0.05) is 27.2 Å². The largest absolute Gasteiger partial charge is 0.374 e. The summed E-state index contributed by atoms with van der Waals surface area (Å²) in [5, 5.41) is 3.43. The quantitative estimate of drug-likeness (QED) is 0.579. The summed E-state index contributed by atoms with van der Waals surface area (Å²) in [7, 11) is 0. The number of hydrogen-bond donors (Lipinski definition) is 1. The van der Waals surface area contributed by atoms with E-state index in [1.165, 1.54) is 19.3 Å². The predicted octanol–water partition coefficient (Wildman–Crippen LogP) is 2.97. The van der Waals surface area contributed by atoms with Crippen LogP contribution >= 0.6 is 0 Å². The van der Waals surface area contributed by atoms with Crippen LogP contribution in [0, 0.1) is 0 Å². The first-order valence-corrected chi connectivity index (χ1v) is 6.03. The van der Waals surface area contributed by atoms with E-state index in [4.69, 9.17) is 4.74 Å². The van der Waals surface area contributed by atoms with Gasteiger partial charge in [0.25, 0.3) is 0 Å². The maximum Gasteiger partial charge on any atom is 0.0775 e. The third-order valence-corrected chi connectivity index (χ3v) is 2.62. The standard InChI is InChI=1S/C12H27NO/c1-5-8-10-14-12(4,7-3)11-13-9-6-2/h13H,5-11H2,1-4H3. The van der Waals surface area contributed by atoms with Gasteiger partial charge in [0, 0.05) is 13.2 Å². The third-order valence-electron chi connectivity index (χ3n) is 2.62. The van der Waals surface area contributed by atoms with E-state index in [0.717, 1.165) is 26.1 Å². The Balaban J connectivity index is 3.67. The molecular weight excluding hydrogens is 174 g/mol. The molecule has 0 aromatic heterocycles. The molecule has 0 amide bonds. The Morgan fingerprint density at radius 2 is 1.86 bits per heavy atom. The minimum Gasteiger partial charge on any atom is -0.374 e. The zero-order valence-corrected chi connectivity index (χ0v) is 10.4. The molecule has 0 fully saturated rings. The van der Waals surface area contributed by atoms with Gasteiger partial charge >= 0.3 is 0 Å². The molecule has 0 aliphatic rings. The first-order chi connectivity index (χ1) is 6.68. The molecule has 1 unspecified atom stereocenters. The normalized spacial score (nSPS) is 15.4. The van der Waals surface area contributed by atoms with E-state index in [-0.39, 0.29) is 5.60 Å². The summed E-state index contributed by atoms with van der Waals surface area (Å²) < 4.78 is 5.90. The van der Waals surface area contributed by atoms with E-state index in [0.29, 0.717) is 0 Å². The SMILES string of the molecule is CCCCOC(C)(CC)CNCCC. The molecule has 1 N–H and O–H groups in total. The first-order valence-electron chi connectivity index (χ1n) is 6.03. The molecule has 0 aromatic carbocycles. The lowest BCUT2D eigenvalue weighted by Crippen LogP contribution is -2.40. The Labute approximate surface area is 89.4 Å². The second-order valence-electron chi connectivity index (χ2n) is 4.18. The lowest BCUT2D eigenvalue weighted by molar-refractivity contribution is -0.0341. The van der Waals surface area contributed by atoms with E-state index in [1.54, 1.807) is 0 Å². The molecule has 0 spiro atoms. The van der Waals surface area contributed by atoms with Crippen molar-refractivity contribution >= 4 is 0 Å². The van der Waals surface area contributed by atoms with Crippen molar-refractivity contribution in [3.63, 3.8) is 0 Å². The molecule has 0 rings (SSSR count). The third kappa shape index (κ3) is 6.39. The first kappa shape index (κ1) is 13.9. The molecule has 0 saturated heterocycles. The van der Waals surface area contributed by atoms with Crippen molar-refractivity contribution in [2.24, 2.45) is 0 Å². The van der Waals surface area contributed by atoms with Crippen LogP contribution in [0.15, 0.2) is 0 Å². The van der Waals surface area contributed by atoms with E-state index < -0.39 is 0 Å². The molecule has 0 heterocycles. The second-order valence-corrected chi connectivity index (χ2v) is 4.18. The highest BCUT2D eigenvalue weighted by Crippen LogP contribution is 2.14. The molecule has 14 heavy (non-hydrogen) atoms. The molecule has 0 bridgehead atoms. The molecule has 0 aromatic rings. The zero-order valence-electron chi connectivity index (χ0n) is 10.4. The van der Waals surface area contributed by atoms with Gasteiger partial charge in [0.1, 0.15) is 0 Å². The van der Waals surface area contributed by atoms with Gasteiger partial charge in [-0.3, -0.25) is 0 Å². The average Bonchev–Trinajstić information content (AvgIpc) is 2.19. The van der Waals surface area contributed by atoms with Gasteiger partial charge in [0.15, 0.2) is 0 Å². The summed E-state index contributed by atoms with van der Waals surface area (Å²) in [5.74, 6) is 0. The fraction of sp³-hybridized carbons (Fsp3) is 1.00. The van der Waals surface area contributed by atoms with Crippen LogP contribution in [-0.2, 0) is 4.74 Å². The highest BCUT2D eigenvalue weighted by Gasteiger charge is 2.21. The second kappa shape index (κ2) is 8.25. The van der Waals surface area contributed by atoms with E-state index in [9.17, 15) is 0 Å². The Morgan fingerprint density at radius 1 is 1.14 bits per heavy atom. The van der Waals surface area contributed by atoms with E-state index in [2.05, 4.69) is 33.0 Å². The summed E-state index contributed by atoms with van der Waals surface area (Å²) >= 11 is 0. The van der Waals surface area contributed by atoms with Gasteiger partial charge in [-0.2, -0.15) is 0 Å². The van der Waals surface area contributed by atoms with Gasteiger partial charge in [-0.15, -0.1) is 0 Å². The van der Waals surface area contributed by atoms with Crippen LogP contribution in [0.1, 0.15) is 53.4 Å². The van der Waals surface area contributed by atoms with Crippen molar-refractivity contribution in [2.75, 3.05) is 19.7 Å². The Hall–Kier alpha value is -0.0800. The molecule has 2 nitrogen and oxygen atoms in total. The summed E-state index contributed by atoms with van der Waals surface area (Å²) in [4.78, 5) is 0. The van der Waals surface area contributed by atoms with Gasteiger partial charge in [-0.25, -0.2) is 0 Å². The lowest BCUT2D eigenvalue weighted by atomic mass is 10.0. The van der Waals surface area contributed by atoms with Crippen LogP contribution in [0.25, 0.3) is 0 Å². The minimum absolute atomic E-state index is 0.0321. The Kier molecular flexibility index (Phi) is 8.20. The van der Waals surface area contributed by atoms with Gasteiger partial charge in [-0.05, 0) is 32.7 Å². The topological polar surface area (TPSA) is 21.3 Å². The van der Waals surface area contributed by atoms with E-state index >= 15 is 0 Å². The summed E-state index contributed by atoms with van der Waals surface area (Å²) in [6.07, 6.45) is 4.65. The number of nitrogens with one attached hydrogen (secondary N) is 1. The fourth-order valence-corrected chi connectivity index (χ4v) is 1.27. The zero-order chi connectivity index (χ0) is 10.9. The van der Waals surface area contributed by atoms with Crippen LogP contribution in [0.2, 0.25) is 0 Å². The fourth-order valence-electron chi connectivity index (χ4n) is 1.27. The lowest BCUT2D eigenvalue weighted by Gasteiger charge is -2.29. The van der Waals surface area contributed by atoms with Crippen LogP contribution < -0.4 is 5.32 Å². The smallest absolute Gasteiger partial charge is 0.0775 e. The van der Waals surface area contributed by atoms with E-state index in [1.807, 2.05) is 0 Å². The Bertz CT molecular complexity index is 115. The number of rotatable bonds is 9. The minimum atomic E-state index is 0.0321. The van der Waals surface area contributed by atoms with Gasteiger partial charge in [0.05, 0.1) is 5.60 Å². The molecule has 86 valence electrons.